The van der Waals surface area contributed by atoms with Gasteiger partial charge in [-0.25, -0.2) is 4.98 Å². The van der Waals surface area contributed by atoms with Gasteiger partial charge in [-0.3, -0.25) is 19.0 Å². The zero-order valence-electron chi connectivity index (χ0n) is 15.9. The summed E-state index contributed by atoms with van der Waals surface area (Å²) in [6.07, 6.45) is 2.48. The van der Waals surface area contributed by atoms with E-state index in [1.807, 2.05) is 11.0 Å². The number of amides is 2. The lowest BCUT2D eigenvalue weighted by Crippen LogP contribution is -2.41. The van der Waals surface area contributed by atoms with E-state index in [9.17, 15) is 14.4 Å². The highest BCUT2D eigenvalue weighted by Crippen LogP contribution is 2.15. The highest BCUT2D eigenvalue weighted by atomic mass is 16.2. The number of aromatic nitrogens is 2. The third-order valence-corrected chi connectivity index (χ3v) is 5.02. The van der Waals surface area contributed by atoms with Crippen molar-refractivity contribution < 1.29 is 9.59 Å². The SMILES string of the molecule is Cc1nc2ccccc2c(=O)n1CC(=O)NCCC(=O)N1CCCC(C)C1. The molecule has 1 N–H and O–H groups in total. The van der Waals surface area contributed by atoms with Crippen LogP contribution in [0.4, 0.5) is 0 Å². The quantitative estimate of drug-likeness (QED) is 0.864. The van der Waals surface area contributed by atoms with Gasteiger partial charge in [0.05, 0.1) is 10.9 Å². The van der Waals surface area contributed by atoms with Crippen molar-refractivity contribution in [1.29, 1.82) is 0 Å². The fraction of sp³-hybridized carbons (Fsp3) is 0.500. The first-order valence-corrected chi connectivity index (χ1v) is 9.46. The molecule has 7 heteroatoms. The van der Waals surface area contributed by atoms with Crippen molar-refractivity contribution in [3.63, 3.8) is 0 Å². The van der Waals surface area contributed by atoms with Gasteiger partial charge >= 0.3 is 0 Å². The summed E-state index contributed by atoms with van der Waals surface area (Å²) in [7, 11) is 0. The fourth-order valence-electron chi connectivity index (χ4n) is 3.55. The molecule has 144 valence electrons. The second kappa shape index (κ2) is 8.33. The minimum atomic E-state index is -0.294. The van der Waals surface area contributed by atoms with Crippen molar-refractivity contribution in [1.82, 2.24) is 19.8 Å². The maximum atomic E-state index is 12.6. The second-order valence-electron chi connectivity index (χ2n) is 7.25. The molecule has 0 saturated carbocycles. The smallest absolute Gasteiger partial charge is 0.261 e. The van der Waals surface area contributed by atoms with E-state index in [0.29, 0.717) is 22.6 Å². The minimum absolute atomic E-state index is 0.0718. The summed E-state index contributed by atoms with van der Waals surface area (Å²) in [5.74, 6) is 0.805. The molecule has 1 aromatic carbocycles. The van der Waals surface area contributed by atoms with Gasteiger partial charge in [0.2, 0.25) is 11.8 Å². The molecule has 0 aliphatic carbocycles. The Labute approximate surface area is 158 Å². The number of rotatable bonds is 5. The molecule has 2 amide bonds. The average Bonchev–Trinajstić information content (AvgIpc) is 2.65. The van der Waals surface area contributed by atoms with Crippen molar-refractivity contribution in [2.24, 2.45) is 5.92 Å². The Bertz CT molecular complexity index is 906. The van der Waals surface area contributed by atoms with Crippen LogP contribution in [0, 0.1) is 12.8 Å². The summed E-state index contributed by atoms with van der Waals surface area (Å²) < 4.78 is 1.37. The van der Waals surface area contributed by atoms with Gasteiger partial charge in [0, 0.05) is 26.1 Å². The molecule has 1 aliphatic heterocycles. The van der Waals surface area contributed by atoms with Crippen LogP contribution in [0.2, 0.25) is 0 Å². The highest BCUT2D eigenvalue weighted by Gasteiger charge is 2.20. The molecule has 3 rings (SSSR count). The molecule has 0 radical (unpaired) electrons. The number of fused-ring (bicyclic) bond motifs is 1. The van der Waals surface area contributed by atoms with Gasteiger partial charge in [-0.1, -0.05) is 19.1 Å². The maximum Gasteiger partial charge on any atom is 0.261 e. The van der Waals surface area contributed by atoms with Crippen LogP contribution in [0.5, 0.6) is 0 Å². The van der Waals surface area contributed by atoms with Crippen LogP contribution >= 0.6 is 0 Å². The van der Waals surface area contributed by atoms with Gasteiger partial charge in [0.25, 0.3) is 5.56 Å². The molecular weight excluding hydrogens is 344 g/mol. The molecule has 0 spiro atoms. The maximum absolute atomic E-state index is 12.6. The van der Waals surface area contributed by atoms with Gasteiger partial charge in [-0.05, 0) is 37.8 Å². The monoisotopic (exact) mass is 370 g/mol. The van der Waals surface area contributed by atoms with Crippen molar-refractivity contribution in [2.45, 2.75) is 39.7 Å². The normalized spacial score (nSPS) is 17.1. The lowest BCUT2D eigenvalue weighted by Gasteiger charge is -2.31. The number of carbonyl (C=O) groups excluding carboxylic acids is 2. The van der Waals surface area contributed by atoms with Crippen LogP contribution < -0.4 is 10.9 Å². The van der Waals surface area contributed by atoms with Crippen molar-refractivity contribution >= 4 is 22.7 Å². The minimum Gasteiger partial charge on any atom is -0.354 e. The largest absolute Gasteiger partial charge is 0.354 e. The number of hydrogen-bond donors (Lipinski definition) is 1. The number of nitrogens with one attached hydrogen (secondary N) is 1. The van der Waals surface area contributed by atoms with E-state index in [-0.39, 0.29) is 36.9 Å². The lowest BCUT2D eigenvalue weighted by molar-refractivity contribution is -0.132. The topological polar surface area (TPSA) is 84.3 Å². The standard InChI is InChI=1S/C20H26N4O3/c1-14-6-5-11-23(12-14)19(26)9-10-21-18(25)13-24-15(2)22-17-8-4-3-7-16(17)20(24)27/h3-4,7-8,14H,5-6,9-13H2,1-2H3,(H,21,25). The number of benzene rings is 1. The zero-order chi connectivity index (χ0) is 19.4. The molecule has 2 aromatic rings. The molecular formula is C20H26N4O3. The Morgan fingerprint density at radius 2 is 2.07 bits per heavy atom. The van der Waals surface area contributed by atoms with Gasteiger partial charge in [-0.15, -0.1) is 0 Å². The number of aryl methyl sites for hydroxylation is 1. The Morgan fingerprint density at radius 3 is 2.85 bits per heavy atom. The summed E-state index contributed by atoms with van der Waals surface area (Å²) >= 11 is 0. The fourth-order valence-corrected chi connectivity index (χ4v) is 3.55. The first-order valence-electron chi connectivity index (χ1n) is 9.46. The summed E-state index contributed by atoms with van der Waals surface area (Å²) in [5.41, 5.74) is 0.393. The zero-order valence-corrected chi connectivity index (χ0v) is 15.9. The van der Waals surface area contributed by atoms with E-state index < -0.39 is 0 Å². The molecule has 27 heavy (non-hydrogen) atoms. The molecule has 1 saturated heterocycles. The second-order valence-corrected chi connectivity index (χ2v) is 7.25. The van der Waals surface area contributed by atoms with Crippen molar-refractivity contribution in [3.05, 3.63) is 40.4 Å². The van der Waals surface area contributed by atoms with E-state index in [4.69, 9.17) is 0 Å². The Morgan fingerprint density at radius 1 is 1.30 bits per heavy atom. The summed E-state index contributed by atoms with van der Waals surface area (Å²) in [6, 6.07) is 7.08. The average molecular weight is 370 g/mol. The Balaban J connectivity index is 1.56. The molecule has 1 fully saturated rings. The van der Waals surface area contributed by atoms with Crippen LogP contribution in [0.15, 0.2) is 29.1 Å². The third kappa shape index (κ3) is 4.53. The lowest BCUT2D eigenvalue weighted by atomic mass is 10.00. The number of carbonyl (C=O) groups is 2. The van der Waals surface area contributed by atoms with Gasteiger partial charge in [0.15, 0.2) is 0 Å². The summed E-state index contributed by atoms with van der Waals surface area (Å²) in [6.45, 7) is 5.63. The molecule has 1 aliphatic rings. The number of nitrogens with zero attached hydrogens (tertiary/aromatic N) is 3. The summed E-state index contributed by atoms with van der Waals surface area (Å²) in [4.78, 5) is 43.3. The van der Waals surface area contributed by atoms with E-state index in [0.717, 1.165) is 25.9 Å². The van der Waals surface area contributed by atoms with Gasteiger partial charge in [0.1, 0.15) is 12.4 Å². The predicted octanol–water partition coefficient (Wildman–Crippen LogP) is 1.47. The molecule has 7 nitrogen and oxygen atoms in total. The van der Waals surface area contributed by atoms with Crippen LogP contribution in [0.25, 0.3) is 10.9 Å². The molecule has 0 bridgehead atoms. The first kappa shape index (κ1) is 19.1. The number of piperidine rings is 1. The van der Waals surface area contributed by atoms with Gasteiger partial charge in [-0.2, -0.15) is 0 Å². The van der Waals surface area contributed by atoms with Crippen molar-refractivity contribution in [2.75, 3.05) is 19.6 Å². The van der Waals surface area contributed by atoms with Crippen LogP contribution in [-0.4, -0.2) is 45.9 Å². The van der Waals surface area contributed by atoms with E-state index in [2.05, 4.69) is 17.2 Å². The highest BCUT2D eigenvalue weighted by molar-refractivity contribution is 5.80. The number of para-hydroxylation sites is 1. The molecule has 2 heterocycles. The van der Waals surface area contributed by atoms with E-state index >= 15 is 0 Å². The molecule has 1 unspecified atom stereocenters. The van der Waals surface area contributed by atoms with Gasteiger partial charge < -0.3 is 10.2 Å². The Kier molecular flexibility index (Phi) is 5.88. The number of hydrogen-bond acceptors (Lipinski definition) is 4. The third-order valence-electron chi connectivity index (χ3n) is 5.02. The van der Waals surface area contributed by atoms with Crippen LogP contribution in [0.3, 0.4) is 0 Å². The van der Waals surface area contributed by atoms with E-state index in [1.54, 1.807) is 25.1 Å². The Hall–Kier alpha value is -2.70. The van der Waals surface area contributed by atoms with Crippen LogP contribution in [0.1, 0.15) is 32.0 Å². The first-order chi connectivity index (χ1) is 13.0. The molecule has 1 aromatic heterocycles. The van der Waals surface area contributed by atoms with E-state index in [1.165, 1.54) is 4.57 Å². The molecule has 1 atom stereocenters. The summed E-state index contributed by atoms with van der Waals surface area (Å²) in [5, 5.41) is 3.23. The van der Waals surface area contributed by atoms with Crippen molar-refractivity contribution in [3.8, 4) is 0 Å². The van der Waals surface area contributed by atoms with Crippen LogP contribution in [-0.2, 0) is 16.1 Å². The number of likely N-dealkylation sites (tertiary alicyclic amines) is 1. The predicted molar refractivity (Wildman–Crippen MR) is 103 cm³/mol.